The Morgan fingerprint density at radius 1 is 0.800 bits per heavy atom. The lowest BCUT2D eigenvalue weighted by molar-refractivity contribution is 0.450. The minimum atomic E-state index is -0.181. The average molecular weight is 145 g/mol. The summed E-state index contributed by atoms with van der Waals surface area (Å²) in [6.07, 6.45) is 5.95. The van der Waals surface area contributed by atoms with Crippen molar-refractivity contribution in [2.45, 2.75) is 38.5 Å². The zero-order valence-corrected chi connectivity index (χ0v) is 6.48. The molecule has 0 N–H and O–H groups in total. The lowest BCUT2D eigenvalue weighted by atomic mass is 10.1. The minimum absolute atomic E-state index is 0.181. The highest BCUT2D eigenvalue weighted by Crippen LogP contribution is 2.04. The van der Waals surface area contributed by atoms with Crippen molar-refractivity contribution in [2.75, 3.05) is 13.2 Å². The fourth-order valence-corrected chi connectivity index (χ4v) is 0.913. The van der Waals surface area contributed by atoms with Crippen LogP contribution in [-0.4, -0.2) is 13.2 Å². The van der Waals surface area contributed by atoms with Crippen LogP contribution >= 0.6 is 0 Å². The highest BCUT2D eigenvalue weighted by molar-refractivity contribution is 4.44. The molecule has 0 heterocycles. The van der Waals surface area contributed by atoms with Crippen LogP contribution in [0.3, 0.4) is 0 Å². The molecule has 2 radical (unpaired) electrons. The van der Waals surface area contributed by atoms with Gasteiger partial charge in [-0.15, -0.1) is 5.73 Å². The first-order chi connectivity index (χ1) is 4.91. The molecule has 0 bridgehead atoms. The molecule has 0 fully saturated rings. The van der Waals surface area contributed by atoms with Crippen molar-refractivity contribution in [3.05, 3.63) is 0 Å². The first kappa shape index (κ1) is 9.89. The van der Waals surface area contributed by atoms with E-state index >= 15 is 0 Å². The van der Waals surface area contributed by atoms with Crippen LogP contribution in [0.25, 0.3) is 0 Å². The molecular formula is C8H16FN. The van der Waals surface area contributed by atoms with Gasteiger partial charge in [-0.3, -0.25) is 4.39 Å². The fourth-order valence-electron chi connectivity index (χ4n) is 0.913. The predicted octanol–water partition coefficient (Wildman–Crippen LogP) is 2.37. The molecule has 0 aromatic carbocycles. The Bertz CT molecular complexity index is 49.2. The summed E-state index contributed by atoms with van der Waals surface area (Å²) in [4.78, 5) is 0. The summed E-state index contributed by atoms with van der Waals surface area (Å²) in [6.45, 7) is 0.114. The SMILES string of the molecule is [N]CCCCCCCCF. The monoisotopic (exact) mass is 145 g/mol. The van der Waals surface area contributed by atoms with Gasteiger partial charge in [0.15, 0.2) is 0 Å². The normalized spacial score (nSPS) is 10.2. The summed E-state index contributed by atoms with van der Waals surface area (Å²) >= 11 is 0. The number of nitrogens with zero attached hydrogens (tertiary/aromatic N) is 1. The maximum atomic E-state index is 11.5. The summed E-state index contributed by atoms with van der Waals surface area (Å²) < 4.78 is 11.5. The Morgan fingerprint density at radius 2 is 1.30 bits per heavy atom. The molecule has 0 aromatic rings. The van der Waals surface area contributed by atoms with Crippen LogP contribution < -0.4 is 5.73 Å². The van der Waals surface area contributed by atoms with Crippen molar-refractivity contribution in [3.8, 4) is 0 Å². The lowest BCUT2D eigenvalue weighted by Crippen LogP contribution is -1.85. The van der Waals surface area contributed by atoms with Gasteiger partial charge in [0.2, 0.25) is 0 Å². The van der Waals surface area contributed by atoms with Crippen LogP contribution in [0.1, 0.15) is 38.5 Å². The van der Waals surface area contributed by atoms with Crippen LogP contribution in [0.4, 0.5) is 4.39 Å². The van der Waals surface area contributed by atoms with E-state index in [2.05, 4.69) is 0 Å². The van der Waals surface area contributed by atoms with E-state index in [-0.39, 0.29) is 6.67 Å². The second-order valence-electron chi connectivity index (χ2n) is 2.53. The van der Waals surface area contributed by atoms with Crippen LogP contribution in [0.2, 0.25) is 0 Å². The van der Waals surface area contributed by atoms with Crippen LogP contribution in [0.5, 0.6) is 0 Å². The van der Waals surface area contributed by atoms with Gasteiger partial charge in [0.25, 0.3) is 0 Å². The standard InChI is InChI=1S/C8H16FN/c9-7-5-3-1-2-4-6-8-10/h1-8H2. The van der Waals surface area contributed by atoms with Crippen LogP contribution in [-0.2, 0) is 0 Å². The second kappa shape index (κ2) is 8.89. The third-order valence-electron chi connectivity index (χ3n) is 1.54. The van der Waals surface area contributed by atoms with E-state index in [1.165, 1.54) is 0 Å². The molecule has 0 rings (SSSR count). The molecule has 10 heavy (non-hydrogen) atoms. The largest absolute Gasteiger partial charge is 0.251 e. The Kier molecular flexibility index (Phi) is 8.79. The van der Waals surface area contributed by atoms with Crippen molar-refractivity contribution in [1.29, 1.82) is 0 Å². The molecule has 2 heteroatoms. The summed E-state index contributed by atoms with van der Waals surface area (Å²) in [5, 5.41) is 0. The van der Waals surface area contributed by atoms with Crippen LogP contribution in [0, 0.1) is 0 Å². The van der Waals surface area contributed by atoms with Gasteiger partial charge in [0, 0.05) is 6.54 Å². The number of halogens is 1. The summed E-state index contributed by atoms with van der Waals surface area (Å²) in [5.74, 6) is 0. The number of unbranched alkanes of at least 4 members (excludes halogenated alkanes) is 5. The Morgan fingerprint density at radius 3 is 1.80 bits per heavy atom. The van der Waals surface area contributed by atoms with Crippen LogP contribution in [0.15, 0.2) is 0 Å². The zero-order valence-electron chi connectivity index (χ0n) is 6.48. The first-order valence-corrected chi connectivity index (χ1v) is 4.08. The number of hydrogen-bond acceptors (Lipinski definition) is 0. The maximum Gasteiger partial charge on any atom is 0.0894 e. The molecule has 60 valence electrons. The van der Waals surface area contributed by atoms with Gasteiger partial charge in [-0.25, -0.2) is 0 Å². The van der Waals surface area contributed by atoms with Gasteiger partial charge in [-0.2, -0.15) is 0 Å². The van der Waals surface area contributed by atoms with E-state index in [4.69, 9.17) is 5.73 Å². The van der Waals surface area contributed by atoms with E-state index in [9.17, 15) is 4.39 Å². The molecule has 0 unspecified atom stereocenters. The number of alkyl halides is 1. The third-order valence-corrected chi connectivity index (χ3v) is 1.54. The molecule has 0 saturated heterocycles. The maximum absolute atomic E-state index is 11.5. The minimum Gasteiger partial charge on any atom is -0.251 e. The average Bonchev–Trinajstić information content (AvgIpc) is 1.97. The topological polar surface area (TPSA) is 22.3 Å². The predicted molar refractivity (Wildman–Crippen MR) is 40.7 cm³/mol. The van der Waals surface area contributed by atoms with E-state index in [1.54, 1.807) is 0 Å². The number of rotatable bonds is 7. The van der Waals surface area contributed by atoms with Gasteiger partial charge < -0.3 is 0 Å². The van der Waals surface area contributed by atoms with E-state index < -0.39 is 0 Å². The molecule has 0 amide bonds. The van der Waals surface area contributed by atoms with Gasteiger partial charge in [-0.05, 0) is 12.8 Å². The quantitative estimate of drug-likeness (QED) is 0.491. The number of hydrogen-bond donors (Lipinski definition) is 0. The Balaban J connectivity index is 2.65. The molecule has 0 saturated carbocycles. The summed E-state index contributed by atoms with van der Waals surface area (Å²) in [7, 11) is 0. The van der Waals surface area contributed by atoms with E-state index in [1.807, 2.05) is 0 Å². The highest BCUT2D eigenvalue weighted by atomic mass is 19.1. The first-order valence-electron chi connectivity index (χ1n) is 4.08. The zero-order chi connectivity index (χ0) is 7.66. The second-order valence-corrected chi connectivity index (χ2v) is 2.53. The third kappa shape index (κ3) is 7.89. The molecule has 0 aromatic heterocycles. The van der Waals surface area contributed by atoms with Gasteiger partial charge in [0.05, 0.1) is 6.67 Å². The summed E-state index contributed by atoms with van der Waals surface area (Å²) in [5.41, 5.74) is 8.41. The molecule has 0 spiro atoms. The molecule has 0 aliphatic heterocycles. The van der Waals surface area contributed by atoms with E-state index in [0.717, 1.165) is 32.1 Å². The Labute approximate surface area is 62.8 Å². The molecule has 0 aliphatic carbocycles. The van der Waals surface area contributed by atoms with Crippen molar-refractivity contribution < 1.29 is 4.39 Å². The molecule has 0 aliphatic rings. The smallest absolute Gasteiger partial charge is 0.0894 e. The van der Waals surface area contributed by atoms with Gasteiger partial charge in [-0.1, -0.05) is 25.7 Å². The molecule has 0 atom stereocenters. The Hall–Kier alpha value is -0.110. The van der Waals surface area contributed by atoms with Crippen molar-refractivity contribution in [3.63, 3.8) is 0 Å². The van der Waals surface area contributed by atoms with Crippen molar-refractivity contribution >= 4 is 0 Å². The lowest BCUT2D eigenvalue weighted by Gasteiger charge is -1.96. The molecule has 1 nitrogen and oxygen atoms in total. The van der Waals surface area contributed by atoms with Crippen molar-refractivity contribution in [2.24, 2.45) is 0 Å². The van der Waals surface area contributed by atoms with Gasteiger partial charge in [0.1, 0.15) is 0 Å². The fraction of sp³-hybridized carbons (Fsp3) is 1.00. The highest BCUT2D eigenvalue weighted by Gasteiger charge is 1.89. The van der Waals surface area contributed by atoms with E-state index in [0.29, 0.717) is 13.0 Å². The van der Waals surface area contributed by atoms with Gasteiger partial charge >= 0.3 is 0 Å². The van der Waals surface area contributed by atoms with Crippen molar-refractivity contribution in [1.82, 2.24) is 5.73 Å². The molecular weight excluding hydrogens is 129 g/mol. The summed E-state index contributed by atoms with van der Waals surface area (Å²) in [6, 6.07) is 0.